The van der Waals surface area contributed by atoms with Gasteiger partial charge in [0.1, 0.15) is 5.52 Å². The van der Waals surface area contributed by atoms with Crippen LogP contribution in [-0.4, -0.2) is 58.8 Å². The van der Waals surface area contributed by atoms with Crippen LogP contribution < -0.4 is 5.46 Å². The fraction of sp³-hybridized carbons (Fsp3) is 0.652. The number of amides is 1. The van der Waals surface area contributed by atoms with E-state index in [1.54, 1.807) is 4.90 Å². The van der Waals surface area contributed by atoms with Crippen molar-refractivity contribution < 1.29 is 23.2 Å². The average Bonchev–Trinajstić information content (AvgIpc) is 3.26. The van der Waals surface area contributed by atoms with Crippen LogP contribution in [0.15, 0.2) is 18.3 Å². The van der Waals surface area contributed by atoms with Gasteiger partial charge in [-0.3, -0.25) is 4.68 Å². The van der Waals surface area contributed by atoms with Crippen molar-refractivity contribution in [2.24, 2.45) is 0 Å². The van der Waals surface area contributed by atoms with Crippen LogP contribution in [0.4, 0.5) is 9.18 Å². The van der Waals surface area contributed by atoms with Gasteiger partial charge in [-0.2, -0.15) is 5.10 Å². The molecule has 2 fully saturated rings. The predicted octanol–water partition coefficient (Wildman–Crippen LogP) is 4.05. The second-order valence-electron chi connectivity index (χ2n) is 9.82. The van der Waals surface area contributed by atoms with Crippen molar-refractivity contribution in [3.05, 3.63) is 24.1 Å². The molecule has 1 aromatic heterocycles. The second kappa shape index (κ2) is 8.67. The van der Waals surface area contributed by atoms with Crippen molar-refractivity contribution in [1.29, 1.82) is 0 Å². The lowest BCUT2D eigenvalue weighted by molar-refractivity contribution is 0.00578. The van der Waals surface area contributed by atoms with Crippen LogP contribution in [0.5, 0.6) is 0 Å². The summed E-state index contributed by atoms with van der Waals surface area (Å²) in [4.78, 5) is 13.9. The number of carbonyl (C=O) groups excluding carboxylic acids is 1. The van der Waals surface area contributed by atoms with Crippen LogP contribution in [0.1, 0.15) is 66.3 Å². The Morgan fingerprint density at radius 2 is 1.88 bits per heavy atom. The lowest BCUT2D eigenvalue weighted by Crippen LogP contribution is -2.41. The molecule has 2 saturated heterocycles. The van der Waals surface area contributed by atoms with E-state index in [-0.39, 0.29) is 18.0 Å². The summed E-state index contributed by atoms with van der Waals surface area (Å²) in [5.74, 6) is -0.386. The van der Waals surface area contributed by atoms with Crippen molar-refractivity contribution in [3.8, 4) is 0 Å². The van der Waals surface area contributed by atoms with Crippen molar-refractivity contribution in [1.82, 2.24) is 14.7 Å². The summed E-state index contributed by atoms with van der Waals surface area (Å²) in [6.07, 6.45) is 5.01. The van der Waals surface area contributed by atoms with Gasteiger partial charge in [-0.1, -0.05) is 19.4 Å². The Morgan fingerprint density at radius 1 is 1.22 bits per heavy atom. The topological polar surface area (TPSA) is 65.8 Å². The standard InChI is InChI=1S/C23H33BFN3O4/c1-6-7-12-30-21(29)27-10-8-18(9-11-27)28-15-16-13-17(14-19(25)20(16)26-28)24-31-22(2,3)23(4,5)32-24/h13-15,18H,6-12H2,1-5H3. The third-order valence-corrected chi connectivity index (χ3v) is 6.95. The zero-order chi connectivity index (χ0) is 23.1. The van der Waals surface area contributed by atoms with E-state index in [1.807, 2.05) is 44.6 Å². The smallest absolute Gasteiger partial charge is 0.449 e. The molecule has 0 bridgehead atoms. The molecule has 0 aliphatic carbocycles. The Kier molecular flexibility index (Phi) is 6.24. The number of fused-ring (bicyclic) bond motifs is 1. The quantitative estimate of drug-likeness (QED) is 0.513. The first-order valence-corrected chi connectivity index (χ1v) is 11.6. The van der Waals surface area contributed by atoms with Crippen LogP contribution in [0.2, 0.25) is 0 Å². The lowest BCUT2D eigenvalue weighted by Gasteiger charge is -2.32. The zero-order valence-electron chi connectivity index (χ0n) is 19.7. The third kappa shape index (κ3) is 4.37. The first-order valence-electron chi connectivity index (χ1n) is 11.6. The molecule has 1 aromatic carbocycles. The Morgan fingerprint density at radius 3 is 2.50 bits per heavy atom. The van der Waals surface area contributed by atoms with E-state index >= 15 is 0 Å². The second-order valence-corrected chi connectivity index (χ2v) is 9.82. The van der Waals surface area contributed by atoms with Crippen LogP contribution in [0, 0.1) is 5.82 Å². The molecule has 3 heterocycles. The number of unbranched alkanes of at least 4 members (excludes halogenated alkanes) is 1. The number of nitrogens with zero attached hydrogens (tertiary/aromatic N) is 3. The number of aromatic nitrogens is 2. The highest BCUT2D eigenvalue weighted by atomic mass is 19.1. The summed E-state index contributed by atoms with van der Waals surface area (Å²) in [6.45, 7) is 11.6. The van der Waals surface area contributed by atoms with Gasteiger partial charge >= 0.3 is 13.2 Å². The number of rotatable bonds is 5. The van der Waals surface area contributed by atoms with Gasteiger partial charge in [-0.05, 0) is 58.5 Å². The number of hydrogen-bond acceptors (Lipinski definition) is 5. The SMILES string of the molecule is CCCCOC(=O)N1CCC(n2cc3cc(B4OC(C)(C)C(C)(C)O4)cc(F)c3n2)CC1. The molecule has 0 N–H and O–H groups in total. The normalized spacial score (nSPS) is 20.8. The Labute approximate surface area is 189 Å². The number of likely N-dealkylation sites (tertiary alicyclic amines) is 1. The van der Waals surface area contributed by atoms with E-state index < -0.39 is 18.3 Å². The van der Waals surface area contributed by atoms with Gasteiger partial charge in [0.15, 0.2) is 5.82 Å². The molecule has 4 rings (SSSR count). The van der Waals surface area contributed by atoms with Gasteiger partial charge in [0.25, 0.3) is 0 Å². The molecule has 174 valence electrons. The van der Waals surface area contributed by atoms with Crippen LogP contribution >= 0.6 is 0 Å². The fourth-order valence-corrected chi connectivity index (χ4v) is 4.14. The Bertz CT molecular complexity index is 969. The molecule has 32 heavy (non-hydrogen) atoms. The van der Waals surface area contributed by atoms with E-state index in [4.69, 9.17) is 14.0 Å². The van der Waals surface area contributed by atoms with Crippen LogP contribution in [0.3, 0.4) is 0 Å². The predicted molar refractivity (Wildman–Crippen MR) is 122 cm³/mol. The van der Waals surface area contributed by atoms with Crippen molar-refractivity contribution in [3.63, 3.8) is 0 Å². The van der Waals surface area contributed by atoms with Crippen molar-refractivity contribution in [2.45, 2.75) is 77.5 Å². The van der Waals surface area contributed by atoms with Gasteiger partial charge in [-0.15, -0.1) is 0 Å². The van der Waals surface area contributed by atoms with Crippen molar-refractivity contribution >= 4 is 29.6 Å². The lowest BCUT2D eigenvalue weighted by atomic mass is 9.78. The fourth-order valence-electron chi connectivity index (χ4n) is 4.14. The van der Waals surface area contributed by atoms with E-state index in [2.05, 4.69) is 12.0 Å². The molecule has 0 unspecified atom stereocenters. The maximum Gasteiger partial charge on any atom is 0.494 e. The highest BCUT2D eigenvalue weighted by Crippen LogP contribution is 2.37. The van der Waals surface area contributed by atoms with Gasteiger partial charge in [-0.25, -0.2) is 9.18 Å². The summed E-state index contributed by atoms with van der Waals surface area (Å²) in [5.41, 5.74) is 0.0160. The maximum absolute atomic E-state index is 14.9. The average molecular weight is 445 g/mol. The number of benzene rings is 1. The first-order chi connectivity index (χ1) is 15.1. The molecule has 0 spiro atoms. The largest absolute Gasteiger partial charge is 0.494 e. The minimum atomic E-state index is -0.621. The number of carbonyl (C=O) groups is 1. The highest BCUT2D eigenvalue weighted by molar-refractivity contribution is 6.62. The van der Waals surface area contributed by atoms with E-state index in [1.165, 1.54) is 6.07 Å². The molecule has 2 aliphatic rings. The molecule has 1 amide bonds. The van der Waals surface area contributed by atoms with E-state index in [0.29, 0.717) is 30.7 Å². The Balaban J connectivity index is 1.46. The van der Waals surface area contributed by atoms with Crippen molar-refractivity contribution in [2.75, 3.05) is 19.7 Å². The van der Waals surface area contributed by atoms with Gasteiger partial charge in [0.05, 0.1) is 23.9 Å². The summed E-state index contributed by atoms with van der Waals surface area (Å²) < 4.78 is 34.2. The number of hydrogen-bond donors (Lipinski definition) is 0. The monoisotopic (exact) mass is 445 g/mol. The molecule has 0 saturated carbocycles. The molecule has 9 heteroatoms. The minimum Gasteiger partial charge on any atom is -0.449 e. The molecular weight excluding hydrogens is 412 g/mol. The number of ether oxygens (including phenoxy) is 1. The molecular formula is C23H33BFN3O4. The van der Waals surface area contributed by atoms with Gasteiger partial charge in [0, 0.05) is 24.7 Å². The highest BCUT2D eigenvalue weighted by Gasteiger charge is 2.51. The zero-order valence-corrected chi connectivity index (χ0v) is 19.7. The molecule has 2 aliphatic heterocycles. The molecule has 0 radical (unpaired) electrons. The Hall–Kier alpha value is -2.13. The van der Waals surface area contributed by atoms with Crippen LogP contribution in [-0.2, 0) is 14.0 Å². The number of halogens is 1. The molecule has 7 nitrogen and oxygen atoms in total. The summed E-state index contributed by atoms with van der Waals surface area (Å²) >= 11 is 0. The molecule has 0 atom stereocenters. The number of piperidine rings is 1. The summed E-state index contributed by atoms with van der Waals surface area (Å²) in [5, 5.41) is 5.24. The molecule has 2 aromatic rings. The summed E-state index contributed by atoms with van der Waals surface area (Å²) in [7, 11) is -0.621. The van der Waals surface area contributed by atoms with E-state index in [0.717, 1.165) is 31.1 Å². The third-order valence-electron chi connectivity index (χ3n) is 6.95. The van der Waals surface area contributed by atoms with E-state index in [9.17, 15) is 9.18 Å². The van der Waals surface area contributed by atoms with Gasteiger partial charge in [0.2, 0.25) is 0 Å². The summed E-state index contributed by atoms with van der Waals surface area (Å²) in [6, 6.07) is 3.46. The first kappa shape index (κ1) is 23.0. The van der Waals surface area contributed by atoms with Gasteiger partial charge < -0.3 is 18.9 Å². The minimum absolute atomic E-state index is 0.113. The van der Waals surface area contributed by atoms with Crippen LogP contribution in [0.25, 0.3) is 10.9 Å². The maximum atomic E-state index is 14.9.